The van der Waals surface area contributed by atoms with Gasteiger partial charge in [0.1, 0.15) is 12.4 Å². The van der Waals surface area contributed by atoms with Crippen molar-refractivity contribution in [3.8, 4) is 5.75 Å². The van der Waals surface area contributed by atoms with Crippen LogP contribution in [-0.4, -0.2) is 11.5 Å². The van der Waals surface area contributed by atoms with Crippen molar-refractivity contribution < 1.29 is 9.66 Å². The maximum absolute atomic E-state index is 10.9. The van der Waals surface area contributed by atoms with E-state index in [1.807, 2.05) is 30.3 Å². The highest BCUT2D eigenvalue weighted by Gasteiger charge is 2.13. The lowest BCUT2D eigenvalue weighted by Crippen LogP contribution is -2.06. The molecule has 0 saturated carbocycles. The highest BCUT2D eigenvalue weighted by Crippen LogP contribution is 2.24. The number of hydrogen-bond donors (Lipinski definition) is 1. The SMILES string of the molecule is Cc1c(COc2ccccc2CCN)cccc1[N+](=O)[O-]. The van der Waals surface area contributed by atoms with Crippen LogP contribution in [0.15, 0.2) is 42.5 Å². The van der Waals surface area contributed by atoms with Gasteiger partial charge < -0.3 is 10.5 Å². The minimum Gasteiger partial charge on any atom is -0.489 e. The zero-order chi connectivity index (χ0) is 15.2. The summed E-state index contributed by atoms with van der Waals surface area (Å²) in [5.41, 5.74) is 8.19. The van der Waals surface area contributed by atoms with E-state index in [4.69, 9.17) is 10.5 Å². The van der Waals surface area contributed by atoms with Gasteiger partial charge in [0.2, 0.25) is 0 Å². The van der Waals surface area contributed by atoms with Gasteiger partial charge in [-0.15, -0.1) is 0 Å². The Morgan fingerprint density at radius 3 is 2.57 bits per heavy atom. The van der Waals surface area contributed by atoms with Crippen molar-refractivity contribution in [2.75, 3.05) is 6.54 Å². The average molecular weight is 286 g/mol. The summed E-state index contributed by atoms with van der Waals surface area (Å²) in [5, 5.41) is 10.9. The normalized spacial score (nSPS) is 10.4. The monoisotopic (exact) mass is 286 g/mol. The predicted molar refractivity (Wildman–Crippen MR) is 81.4 cm³/mol. The van der Waals surface area contributed by atoms with Gasteiger partial charge >= 0.3 is 0 Å². The Balaban J connectivity index is 2.17. The molecule has 0 bridgehead atoms. The third-order valence-corrected chi connectivity index (χ3v) is 3.38. The van der Waals surface area contributed by atoms with E-state index in [1.165, 1.54) is 6.07 Å². The molecule has 0 atom stereocenters. The second kappa shape index (κ2) is 6.85. The topological polar surface area (TPSA) is 78.4 Å². The first kappa shape index (κ1) is 15.0. The highest BCUT2D eigenvalue weighted by molar-refractivity contribution is 5.44. The molecule has 0 radical (unpaired) electrons. The van der Waals surface area contributed by atoms with Gasteiger partial charge in [-0.2, -0.15) is 0 Å². The van der Waals surface area contributed by atoms with E-state index in [0.717, 1.165) is 23.3 Å². The lowest BCUT2D eigenvalue weighted by Gasteiger charge is -2.12. The van der Waals surface area contributed by atoms with Crippen LogP contribution in [0.5, 0.6) is 5.75 Å². The molecular weight excluding hydrogens is 268 g/mol. The van der Waals surface area contributed by atoms with E-state index < -0.39 is 0 Å². The van der Waals surface area contributed by atoms with E-state index >= 15 is 0 Å². The van der Waals surface area contributed by atoms with Crippen molar-refractivity contribution in [2.24, 2.45) is 5.73 Å². The summed E-state index contributed by atoms with van der Waals surface area (Å²) in [7, 11) is 0. The maximum atomic E-state index is 10.9. The van der Waals surface area contributed by atoms with Gasteiger partial charge in [-0.25, -0.2) is 0 Å². The zero-order valence-electron chi connectivity index (χ0n) is 11.9. The summed E-state index contributed by atoms with van der Waals surface area (Å²) in [6.07, 6.45) is 0.740. The molecule has 0 heterocycles. The van der Waals surface area contributed by atoms with Crippen molar-refractivity contribution in [2.45, 2.75) is 20.0 Å². The summed E-state index contributed by atoms with van der Waals surface area (Å²) in [6, 6.07) is 12.7. The third-order valence-electron chi connectivity index (χ3n) is 3.38. The molecule has 0 aromatic heterocycles. The Morgan fingerprint density at radius 2 is 1.86 bits per heavy atom. The van der Waals surface area contributed by atoms with Gasteiger partial charge in [0.15, 0.2) is 0 Å². The number of nitrogens with zero attached hydrogens (tertiary/aromatic N) is 1. The Morgan fingerprint density at radius 1 is 1.14 bits per heavy atom. The van der Waals surface area contributed by atoms with E-state index in [-0.39, 0.29) is 10.6 Å². The molecule has 0 aliphatic rings. The second-order valence-electron chi connectivity index (χ2n) is 4.75. The van der Waals surface area contributed by atoms with Crippen molar-refractivity contribution >= 4 is 5.69 Å². The quantitative estimate of drug-likeness (QED) is 0.654. The molecule has 2 aromatic carbocycles. The average Bonchev–Trinajstić information content (AvgIpc) is 2.47. The minimum absolute atomic E-state index is 0.117. The van der Waals surface area contributed by atoms with Gasteiger partial charge in [-0.05, 0) is 37.1 Å². The van der Waals surface area contributed by atoms with Gasteiger partial charge in [0.05, 0.1) is 4.92 Å². The first-order valence-electron chi connectivity index (χ1n) is 6.77. The highest BCUT2D eigenvalue weighted by atomic mass is 16.6. The van der Waals surface area contributed by atoms with E-state index in [2.05, 4.69) is 0 Å². The summed E-state index contributed by atoms with van der Waals surface area (Å²) in [4.78, 5) is 10.6. The number of benzene rings is 2. The molecule has 2 rings (SSSR count). The lowest BCUT2D eigenvalue weighted by molar-refractivity contribution is -0.385. The number of para-hydroxylation sites is 1. The molecule has 0 amide bonds. The Hall–Kier alpha value is -2.40. The summed E-state index contributed by atoms with van der Waals surface area (Å²) in [5.74, 6) is 0.772. The van der Waals surface area contributed by atoms with Crippen LogP contribution >= 0.6 is 0 Å². The molecule has 2 aromatic rings. The molecule has 5 nitrogen and oxygen atoms in total. The fourth-order valence-electron chi connectivity index (χ4n) is 2.19. The molecule has 0 fully saturated rings. The van der Waals surface area contributed by atoms with Crippen molar-refractivity contribution in [3.63, 3.8) is 0 Å². The molecule has 0 unspecified atom stereocenters. The number of hydrogen-bond acceptors (Lipinski definition) is 4. The van der Waals surface area contributed by atoms with Crippen LogP contribution in [0.3, 0.4) is 0 Å². The maximum Gasteiger partial charge on any atom is 0.272 e. The number of rotatable bonds is 6. The lowest BCUT2D eigenvalue weighted by atomic mass is 10.1. The molecule has 0 aliphatic carbocycles. The second-order valence-corrected chi connectivity index (χ2v) is 4.75. The van der Waals surface area contributed by atoms with E-state index in [9.17, 15) is 10.1 Å². The molecule has 0 spiro atoms. The van der Waals surface area contributed by atoms with Crippen LogP contribution in [0, 0.1) is 17.0 Å². The van der Waals surface area contributed by atoms with Crippen LogP contribution in [0.2, 0.25) is 0 Å². The largest absolute Gasteiger partial charge is 0.489 e. The summed E-state index contributed by atoms with van der Waals surface area (Å²) >= 11 is 0. The van der Waals surface area contributed by atoms with Gasteiger partial charge in [-0.3, -0.25) is 10.1 Å². The third kappa shape index (κ3) is 3.58. The fraction of sp³-hybridized carbons (Fsp3) is 0.250. The van der Waals surface area contributed by atoms with E-state index in [0.29, 0.717) is 18.7 Å². The Labute approximate surface area is 123 Å². The predicted octanol–water partition coefficient (Wildman–Crippen LogP) is 2.98. The Kier molecular flexibility index (Phi) is 4.90. The van der Waals surface area contributed by atoms with E-state index in [1.54, 1.807) is 13.0 Å². The van der Waals surface area contributed by atoms with Crippen molar-refractivity contribution in [1.82, 2.24) is 0 Å². The number of nitro benzene ring substituents is 1. The number of nitro groups is 1. The number of nitrogens with two attached hydrogens (primary N) is 1. The molecule has 0 saturated heterocycles. The molecule has 2 N–H and O–H groups in total. The molecule has 21 heavy (non-hydrogen) atoms. The van der Waals surface area contributed by atoms with Crippen molar-refractivity contribution in [3.05, 3.63) is 69.3 Å². The van der Waals surface area contributed by atoms with Crippen LogP contribution in [0.25, 0.3) is 0 Å². The van der Waals surface area contributed by atoms with Crippen LogP contribution in [0.1, 0.15) is 16.7 Å². The van der Waals surface area contributed by atoms with Gasteiger partial charge in [-0.1, -0.05) is 30.3 Å². The van der Waals surface area contributed by atoms with Crippen molar-refractivity contribution in [1.29, 1.82) is 0 Å². The summed E-state index contributed by atoms with van der Waals surface area (Å²) in [6.45, 7) is 2.59. The van der Waals surface area contributed by atoms with Crippen LogP contribution in [-0.2, 0) is 13.0 Å². The molecule has 0 aliphatic heterocycles. The Bertz CT molecular complexity index is 641. The number of ether oxygens (including phenoxy) is 1. The molecule has 5 heteroatoms. The molecular formula is C16H18N2O3. The van der Waals surface area contributed by atoms with Gasteiger partial charge in [0.25, 0.3) is 5.69 Å². The smallest absolute Gasteiger partial charge is 0.272 e. The zero-order valence-corrected chi connectivity index (χ0v) is 11.9. The summed E-state index contributed by atoms with van der Waals surface area (Å²) < 4.78 is 5.81. The minimum atomic E-state index is -0.374. The first-order valence-corrected chi connectivity index (χ1v) is 6.77. The standard InChI is InChI=1S/C16H18N2O3/c1-12-14(6-4-7-15(12)18(19)20)11-21-16-8-3-2-5-13(16)9-10-17/h2-8H,9-11,17H2,1H3. The first-order chi connectivity index (χ1) is 10.1. The van der Waals surface area contributed by atoms with Crippen LogP contribution < -0.4 is 10.5 Å². The fourth-order valence-corrected chi connectivity index (χ4v) is 2.19. The molecule has 110 valence electrons. The van der Waals surface area contributed by atoms with Crippen LogP contribution in [0.4, 0.5) is 5.69 Å². The van der Waals surface area contributed by atoms with Gasteiger partial charge in [0, 0.05) is 11.6 Å².